The van der Waals surface area contributed by atoms with Gasteiger partial charge in [0.05, 0.1) is 4.92 Å². The van der Waals surface area contributed by atoms with Crippen LogP contribution in [-0.4, -0.2) is 11.0 Å². The van der Waals surface area contributed by atoms with E-state index in [1.54, 1.807) is 6.92 Å². The van der Waals surface area contributed by atoms with Crippen molar-refractivity contribution in [1.82, 2.24) is 0 Å². The van der Waals surface area contributed by atoms with Crippen LogP contribution in [0.5, 0.6) is 0 Å². The summed E-state index contributed by atoms with van der Waals surface area (Å²) in [5.41, 5.74) is 1.20. The molecule has 0 bridgehead atoms. The molecule has 7 heteroatoms. The van der Waals surface area contributed by atoms with Crippen molar-refractivity contribution in [3.63, 3.8) is 0 Å². The van der Waals surface area contributed by atoms with E-state index in [2.05, 4.69) is 10.6 Å². The number of non-ortho nitro benzene ring substituents is 1. The Morgan fingerprint density at radius 1 is 1.19 bits per heavy atom. The van der Waals surface area contributed by atoms with Crippen LogP contribution in [0.2, 0.25) is 0 Å². The number of halogens is 1. The zero-order valence-electron chi connectivity index (χ0n) is 11.1. The lowest BCUT2D eigenvalue weighted by atomic mass is 10.2. The molecule has 108 valence electrons. The van der Waals surface area contributed by atoms with Crippen molar-refractivity contribution in [2.24, 2.45) is 0 Å². The maximum atomic E-state index is 13.0. The van der Waals surface area contributed by atoms with Gasteiger partial charge in [0.2, 0.25) is 0 Å². The Morgan fingerprint density at radius 3 is 2.62 bits per heavy atom. The number of amides is 2. The van der Waals surface area contributed by atoms with Gasteiger partial charge in [-0.15, -0.1) is 0 Å². The average Bonchev–Trinajstić information content (AvgIpc) is 2.42. The third kappa shape index (κ3) is 3.75. The third-order valence-corrected chi connectivity index (χ3v) is 2.75. The molecule has 0 atom stereocenters. The van der Waals surface area contributed by atoms with Gasteiger partial charge in [0.1, 0.15) is 5.82 Å². The predicted molar refractivity (Wildman–Crippen MR) is 76.9 cm³/mol. The first-order chi connectivity index (χ1) is 9.95. The monoisotopic (exact) mass is 289 g/mol. The number of anilines is 2. The van der Waals surface area contributed by atoms with E-state index in [1.807, 2.05) is 0 Å². The standard InChI is InChI=1S/C14H12FN3O3/c1-9-7-10(15)5-6-13(9)17-14(19)16-11-3-2-4-12(8-11)18(20)21/h2-8H,1H3,(H2,16,17,19). The van der Waals surface area contributed by atoms with Crippen molar-refractivity contribution in [3.8, 4) is 0 Å². The van der Waals surface area contributed by atoms with Crippen LogP contribution < -0.4 is 10.6 Å². The molecule has 0 saturated carbocycles. The van der Waals surface area contributed by atoms with Crippen molar-refractivity contribution >= 4 is 23.1 Å². The number of urea groups is 1. The highest BCUT2D eigenvalue weighted by atomic mass is 19.1. The molecular weight excluding hydrogens is 277 g/mol. The third-order valence-electron chi connectivity index (χ3n) is 2.75. The van der Waals surface area contributed by atoms with Crippen LogP contribution in [-0.2, 0) is 0 Å². The van der Waals surface area contributed by atoms with Gasteiger partial charge in [-0.25, -0.2) is 9.18 Å². The van der Waals surface area contributed by atoms with Gasteiger partial charge >= 0.3 is 6.03 Å². The summed E-state index contributed by atoms with van der Waals surface area (Å²) in [6, 6.07) is 8.98. The zero-order valence-corrected chi connectivity index (χ0v) is 11.1. The minimum absolute atomic E-state index is 0.120. The molecular formula is C14H12FN3O3. The highest BCUT2D eigenvalue weighted by Crippen LogP contribution is 2.19. The van der Waals surface area contributed by atoms with Crippen molar-refractivity contribution in [3.05, 3.63) is 64.0 Å². The van der Waals surface area contributed by atoms with Gasteiger partial charge in [-0.3, -0.25) is 10.1 Å². The molecule has 2 aromatic rings. The number of benzene rings is 2. The Labute approximate surface area is 119 Å². The largest absolute Gasteiger partial charge is 0.323 e. The number of hydrogen-bond donors (Lipinski definition) is 2. The molecule has 2 rings (SSSR count). The Bertz CT molecular complexity index is 704. The summed E-state index contributed by atoms with van der Waals surface area (Å²) in [6.07, 6.45) is 0. The molecule has 6 nitrogen and oxygen atoms in total. The van der Waals surface area contributed by atoms with Crippen molar-refractivity contribution in [1.29, 1.82) is 0 Å². The first-order valence-electron chi connectivity index (χ1n) is 6.04. The Morgan fingerprint density at radius 2 is 1.95 bits per heavy atom. The lowest BCUT2D eigenvalue weighted by Gasteiger charge is -2.09. The van der Waals surface area contributed by atoms with Crippen LogP contribution in [0.3, 0.4) is 0 Å². The maximum Gasteiger partial charge on any atom is 0.323 e. The number of carbonyl (C=O) groups excluding carboxylic acids is 1. The summed E-state index contributed by atoms with van der Waals surface area (Å²) in [5.74, 6) is -0.392. The average molecular weight is 289 g/mol. The number of nitro groups is 1. The molecule has 0 radical (unpaired) electrons. The predicted octanol–water partition coefficient (Wildman–Crippen LogP) is 3.69. The molecule has 0 saturated heterocycles. The van der Waals surface area contributed by atoms with Crippen LogP contribution in [0.15, 0.2) is 42.5 Å². The molecule has 0 heterocycles. The van der Waals surface area contributed by atoms with Crippen LogP contribution in [0.25, 0.3) is 0 Å². The lowest BCUT2D eigenvalue weighted by molar-refractivity contribution is -0.384. The van der Waals surface area contributed by atoms with Gasteiger partial charge in [0.25, 0.3) is 5.69 Å². The molecule has 0 spiro atoms. The van der Waals surface area contributed by atoms with Crippen LogP contribution in [0, 0.1) is 22.9 Å². The zero-order chi connectivity index (χ0) is 15.4. The summed E-state index contributed by atoms with van der Waals surface area (Å²) in [5, 5.41) is 15.7. The summed E-state index contributed by atoms with van der Waals surface area (Å²) in [4.78, 5) is 21.9. The quantitative estimate of drug-likeness (QED) is 0.667. The second kappa shape index (κ2) is 6.00. The molecule has 21 heavy (non-hydrogen) atoms. The number of rotatable bonds is 3. The number of aryl methyl sites for hydroxylation is 1. The summed E-state index contributed by atoms with van der Waals surface area (Å²) >= 11 is 0. The number of nitrogens with zero attached hydrogens (tertiary/aromatic N) is 1. The first-order valence-corrected chi connectivity index (χ1v) is 6.04. The lowest BCUT2D eigenvalue weighted by Crippen LogP contribution is -2.20. The van der Waals surface area contributed by atoms with E-state index in [1.165, 1.54) is 42.5 Å². The van der Waals surface area contributed by atoms with Gasteiger partial charge in [0, 0.05) is 23.5 Å². The minimum atomic E-state index is -0.565. The van der Waals surface area contributed by atoms with E-state index in [0.717, 1.165) is 0 Å². The van der Waals surface area contributed by atoms with E-state index in [4.69, 9.17) is 0 Å². The number of carbonyl (C=O) groups is 1. The number of hydrogen-bond acceptors (Lipinski definition) is 3. The van der Waals surface area contributed by atoms with Crippen LogP contribution in [0.1, 0.15) is 5.56 Å². The molecule has 0 aliphatic rings. The van der Waals surface area contributed by atoms with Crippen LogP contribution >= 0.6 is 0 Å². The van der Waals surface area contributed by atoms with E-state index < -0.39 is 16.8 Å². The topological polar surface area (TPSA) is 84.3 Å². The van der Waals surface area contributed by atoms with Crippen molar-refractivity contribution < 1.29 is 14.1 Å². The highest BCUT2D eigenvalue weighted by Gasteiger charge is 2.09. The summed E-state index contributed by atoms with van der Waals surface area (Å²) < 4.78 is 13.0. The van der Waals surface area contributed by atoms with E-state index in [0.29, 0.717) is 16.9 Å². The normalized spacial score (nSPS) is 10.0. The fourth-order valence-corrected chi connectivity index (χ4v) is 1.75. The SMILES string of the molecule is Cc1cc(F)ccc1NC(=O)Nc1cccc([N+](=O)[O-])c1. The number of nitro benzene ring substituents is 1. The second-order valence-corrected chi connectivity index (χ2v) is 4.35. The Hall–Kier alpha value is -2.96. The second-order valence-electron chi connectivity index (χ2n) is 4.35. The van der Waals surface area contributed by atoms with Gasteiger partial charge in [-0.2, -0.15) is 0 Å². The molecule has 0 aliphatic carbocycles. The number of nitrogens with one attached hydrogen (secondary N) is 2. The van der Waals surface area contributed by atoms with Gasteiger partial charge in [-0.1, -0.05) is 6.07 Å². The maximum absolute atomic E-state index is 13.0. The summed E-state index contributed by atoms with van der Waals surface area (Å²) in [6.45, 7) is 1.66. The Balaban J connectivity index is 2.08. The molecule has 0 fully saturated rings. The molecule has 2 aromatic carbocycles. The molecule has 0 aromatic heterocycles. The molecule has 0 aliphatic heterocycles. The van der Waals surface area contributed by atoms with Gasteiger partial charge < -0.3 is 10.6 Å². The highest BCUT2D eigenvalue weighted by molar-refractivity contribution is 6.00. The van der Waals surface area contributed by atoms with Crippen molar-refractivity contribution in [2.75, 3.05) is 10.6 Å². The van der Waals surface area contributed by atoms with Gasteiger partial charge in [-0.05, 0) is 36.8 Å². The van der Waals surface area contributed by atoms with Crippen LogP contribution in [0.4, 0.5) is 26.2 Å². The minimum Gasteiger partial charge on any atom is -0.307 e. The van der Waals surface area contributed by atoms with Crippen molar-refractivity contribution in [2.45, 2.75) is 6.92 Å². The fraction of sp³-hybridized carbons (Fsp3) is 0.0714. The van der Waals surface area contributed by atoms with Gasteiger partial charge in [0.15, 0.2) is 0 Å². The molecule has 2 amide bonds. The molecule has 2 N–H and O–H groups in total. The van der Waals surface area contributed by atoms with E-state index >= 15 is 0 Å². The fourth-order valence-electron chi connectivity index (χ4n) is 1.75. The smallest absolute Gasteiger partial charge is 0.307 e. The van der Waals surface area contributed by atoms with E-state index in [9.17, 15) is 19.3 Å². The Kier molecular flexibility index (Phi) is 4.13. The molecule has 0 unspecified atom stereocenters. The first kappa shape index (κ1) is 14.4. The summed E-state index contributed by atoms with van der Waals surface area (Å²) in [7, 11) is 0. The van der Waals surface area contributed by atoms with E-state index in [-0.39, 0.29) is 5.69 Å².